The van der Waals surface area contributed by atoms with E-state index in [1.807, 2.05) is 0 Å². The fourth-order valence-corrected chi connectivity index (χ4v) is 2.30. The minimum absolute atomic E-state index is 0.218. The summed E-state index contributed by atoms with van der Waals surface area (Å²) in [5.41, 5.74) is 0.965. The second-order valence-electron chi connectivity index (χ2n) is 5.45. The van der Waals surface area contributed by atoms with Crippen LogP contribution in [0.4, 0.5) is 4.39 Å². The summed E-state index contributed by atoms with van der Waals surface area (Å²) in [5, 5.41) is 0. The van der Waals surface area contributed by atoms with Crippen molar-refractivity contribution < 1.29 is 23.4 Å². The number of carbonyl (C=O) groups excluding carboxylic acids is 1. The largest absolute Gasteiger partial charge is 0.496 e. The number of carbonyl (C=O) groups is 1. The molecule has 2 rings (SSSR count). The van der Waals surface area contributed by atoms with E-state index in [2.05, 4.69) is 13.2 Å². The Labute approximate surface area is 158 Å². The highest BCUT2D eigenvalue weighted by molar-refractivity contribution is 6.10. The molecule has 0 bridgehead atoms. The summed E-state index contributed by atoms with van der Waals surface area (Å²) in [5.74, 6) is 0.484. The molecule has 0 spiro atoms. The predicted molar refractivity (Wildman–Crippen MR) is 104 cm³/mol. The topological polar surface area (TPSA) is 44.8 Å². The highest BCUT2D eigenvalue weighted by Gasteiger charge is 2.19. The second-order valence-corrected chi connectivity index (χ2v) is 5.45. The summed E-state index contributed by atoms with van der Waals surface area (Å²) in [6, 6.07) is 9.05. The third kappa shape index (κ3) is 5.57. The van der Waals surface area contributed by atoms with E-state index in [4.69, 9.17) is 14.2 Å². The quantitative estimate of drug-likeness (QED) is 0.341. The molecule has 0 atom stereocenters. The van der Waals surface area contributed by atoms with Crippen LogP contribution < -0.4 is 14.2 Å². The van der Waals surface area contributed by atoms with Gasteiger partial charge < -0.3 is 14.2 Å². The van der Waals surface area contributed by atoms with Crippen molar-refractivity contribution in [3.05, 3.63) is 84.7 Å². The molecule has 0 aromatic heterocycles. The smallest absolute Gasteiger partial charge is 0.193 e. The number of hydrogen-bond acceptors (Lipinski definition) is 4. The lowest BCUT2D eigenvalue weighted by Crippen LogP contribution is -2.06. The molecule has 140 valence electrons. The van der Waals surface area contributed by atoms with E-state index >= 15 is 0 Å². The maximum atomic E-state index is 13.0. The van der Waals surface area contributed by atoms with Crippen LogP contribution in [-0.4, -0.2) is 26.1 Å². The number of benzene rings is 2. The Kier molecular flexibility index (Phi) is 7.37. The molecule has 0 N–H and O–H groups in total. The molecule has 0 radical (unpaired) electrons. The van der Waals surface area contributed by atoms with Gasteiger partial charge in [-0.1, -0.05) is 43.5 Å². The number of rotatable bonds is 10. The first kappa shape index (κ1) is 20.0. The Morgan fingerprint density at radius 1 is 1.04 bits per heavy atom. The van der Waals surface area contributed by atoms with Crippen molar-refractivity contribution in [1.82, 2.24) is 0 Å². The lowest BCUT2D eigenvalue weighted by atomic mass is 10.1. The molecule has 0 fully saturated rings. The summed E-state index contributed by atoms with van der Waals surface area (Å²) < 4.78 is 29.5. The zero-order valence-electron chi connectivity index (χ0n) is 15.1. The van der Waals surface area contributed by atoms with Crippen molar-refractivity contribution in [2.45, 2.75) is 0 Å². The van der Waals surface area contributed by atoms with Crippen LogP contribution in [0.15, 0.2) is 67.8 Å². The van der Waals surface area contributed by atoms with E-state index in [9.17, 15) is 9.18 Å². The molecule has 2 aromatic rings. The third-order valence-electron chi connectivity index (χ3n) is 3.53. The summed E-state index contributed by atoms with van der Waals surface area (Å²) in [7, 11) is 1.46. The molecule has 2 aromatic carbocycles. The Balaban J connectivity index is 2.38. The van der Waals surface area contributed by atoms with Gasteiger partial charge in [-0.3, -0.25) is 4.79 Å². The first-order valence-electron chi connectivity index (χ1n) is 8.26. The Hall–Kier alpha value is -3.34. The fraction of sp³-hybridized carbons (Fsp3) is 0.136. The second kappa shape index (κ2) is 9.97. The van der Waals surface area contributed by atoms with Crippen molar-refractivity contribution >= 4 is 11.9 Å². The SMILES string of the molecule is C=CCOc1cc(OC)c(C(=O)/C=C/c2ccc(F)cc2)c(OCC=C)c1. The zero-order valence-corrected chi connectivity index (χ0v) is 15.1. The minimum Gasteiger partial charge on any atom is -0.496 e. The number of hydrogen-bond donors (Lipinski definition) is 0. The van der Waals surface area contributed by atoms with E-state index < -0.39 is 0 Å². The van der Waals surface area contributed by atoms with Gasteiger partial charge in [0.2, 0.25) is 0 Å². The van der Waals surface area contributed by atoms with E-state index in [0.717, 1.165) is 0 Å². The van der Waals surface area contributed by atoms with Crippen molar-refractivity contribution in [2.24, 2.45) is 0 Å². The number of allylic oxidation sites excluding steroid dienone is 1. The van der Waals surface area contributed by atoms with Gasteiger partial charge in [-0.15, -0.1) is 0 Å². The Bertz CT molecular complexity index is 838. The molecular formula is C22H21FO4. The highest BCUT2D eigenvalue weighted by atomic mass is 19.1. The third-order valence-corrected chi connectivity index (χ3v) is 3.53. The zero-order chi connectivity index (χ0) is 19.6. The first-order valence-corrected chi connectivity index (χ1v) is 8.26. The van der Waals surface area contributed by atoms with Crippen LogP contribution in [-0.2, 0) is 0 Å². The number of ether oxygens (including phenoxy) is 3. The van der Waals surface area contributed by atoms with Crippen molar-refractivity contribution in [3.63, 3.8) is 0 Å². The summed E-state index contributed by atoms with van der Waals surface area (Å²) in [6.07, 6.45) is 6.17. The predicted octanol–water partition coefficient (Wildman–Crippen LogP) is 4.86. The molecule has 0 aliphatic heterocycles. The van der Waals surface area contributed by atoms with Crippen LogP contribution in [0, 0.1) is 5.82 Å². The maximum Gasteiger partial charge on any atom is 0.193 e. The molecule has 4 nitrogen and oxygen atoms in total. The minimum atomic E-state index is -0.338. The summed E-state index contributed by atoms with van der Waals surface area (Å²) in [6.45, 7) is 7.75. The molecule has 0 amide bonds. The standard InChI is InChI=1S/C22H21FO4/c1-4-12-26-18-14-20(25-3)22(21(15-18)27-13-5-2)19(24)11-8-16-6-9-17(23)10-7-16/h4-11,14-15H,1-2,12-13H2,3H3/b11-8+. The van der Waals surface area contributed by atoms with Crippen LogP contribution in [0.25, 0.3) is 6.08 Å². The van der Waals surface area contributed by atoms with Crippen molar-refractivity contribution in [3.8, 4) is 17.2 Å². The lowest BCUT2D eigenvalue weighted by molar-refractivity contribution is 0.104. The van der Waals surface area contributed by atoms with Gasteiger partial charge in [-0.2, -0.15) is 0 Å². The molecular weight excluding hydrogens is 347 g/mol. The summed E-state index contributed by atoms with van der Waals surface area (Å²) >= 11 is 0. The molecule has 0 aliphatic rings. The molecule has 27 heavy (non-hydrogen) atoms. The summed E-state index contributed by atoms with van der Waals surface area (Å²) in [4.78, 5) is 12.8. The van der Waals surface area contributed by atoms with Crippen LogP contribution in [0.1, 0.15) is 15.9 Å². The van der Waals surface area contributed by atoms with Crippen LogP contribution in [0.3, 0.4) is 0 Å². The normalized spacial score (nSPS) is 10.4. The average Bonchev–Trinajstić information content (AvgIpc) is 2.69. The van der Waals surface area contributed by atoms with E-state index in [-0.39, 0.29) is 23.8 Å². The Morgan fingerprint density at radius 3 is 2.30 bits per heavy atom. The van der Waals surface area contributed by atoms with Gasteiger partial charge in [-0.25, -0.2) is 4.39 Å². The molecule has 0 aliphatic carbocycles. The Morgan fingerprint density at radius 2 is 1.67 bits per heavy atom. The van der Waals surface area contributed by atoms with Crippen molar-refractivity contribution in [2.75, 3.05) is 20.3 Å². The van der Waals surface area contributed by atoms with Gasteiger partial charge in [0.05, 0.1) is 7.11 Å². The fourth-order valence-electron chi connectivity index (χ4n) is 2.30. The van der Waals surface area contributed by atoms with Gasteiger partial charge in [-0.05, 0) is 23.8 Å². The maximum absolute atomic E-state index is 13.0. The molecule has 5 heteroatoms. The van der Waals surface area contributed by atoms with Crippen LogP contribution >= 0.6 is 0 Å². The number of ketones is 1. The number of methoxy groups -OCH3 is 1. The monoisotopic (exact) mass is 368 g/mol. The highest BCUT2D eigenvalue weighted by Crippen LogP contribution is 2.35. The van der Waals surface area contributed by atoms with E-state index in [1.54, 1.807) is 42.5 Å². The number of halogens is 1. The van der Waals surface area contributed by atoms with Crippen LogP contribution in [0.2, 0.25) is 0 Å². The van der Waals surface area contributed by atoms with Gasteiger partial charge >= 0.3 is 0 Å². The van der Waals surface area contributed by atoms with Crippen LogP contribution in [0.5, 0.6) is 17.2 Å². The average molecular weight is 368 g/mol. The molecule has 0 unspecified atom stereocenters. The molecule has 0 saturated heterocycles. The first-order chi connectivity index (χ1) is 13.1. The van der Waals surface area contributed by atoms with E-state index in [0.29, 0.717) is 29.4 Å². The van der Waals surface area contributed by atoms with E-state index in [1.165, 1.54) is 25.3 Å². The van der Waals surface area contributed by atoms with Crippen molar-refractivity contribution in [1.29, 1.82) is 0 Å². The van der Waals surface area contributed by atoms with Gasteiger partial charge in [0, 0.05) is 12.1 Å². The lowest BCUT2D eigenvalue weighted by Gasteiger charge is -2.15. The molecule has 0 saturated carbocycles. The van der Waals surface area contributed by atoms with Gasteiger partial charge in [0.25, 0.3) is 0 Å². The van der Waals surface area contributed by atoms with Gasteiger partial charge in [0.15, 0.2) is 5.78 Å². The molecule has 0 heterocycles. The van der Waals surface area contributed by atoms with Gasteiger partial charge in [0.1, 0.15) is 41.8 Å².